The molecule has 1 unspecified atom stereocenters. The van der Waals surface area contributed by atoms with Gasteiger partial charge in [0.05, 0.1) is 6.26 Å². The maximum Gasteiger partial charge on any atom is 0.105 e. The van der Waals surface area contributed by atoms with Crippen LogP contribution in [-0.4, -0.2) is 25.2 Å². The van der Waals surface area contributed by atoms with E-state index in [0.29, 0.717) is 12.1 Å². The van der Waals surface area contributed by atoms with E-state index in [2.05, 4.69) is 31.4 Å². The Morgan fingerprint density at radius 3 is 2.53 bits per heavy atom. The topological polar surface area (TPSA) is 37.2 Å². The molecule has 3 nitrogen and oxygen atoms in total. The molecule has 0 radical (unpaired) electrons. The van der Waals surface area contributed by atoms with Gasteiger partial charge in [0, 0.05) is 31.6 Å². The number of hydrogen-bond acceptors (Lipinski definition) is 3. The van der Waals surface area contributed by atoms with Crippen molar-refractivity contribution in [2.75, 3.05) is 13.1 Å². The van der Waals surface area contributed by atoms with E-state index < -0.39 is 0 Å². The fraction of sp³-hybridized carbons (Fsp3) is 0.667. The second-order valence-corrected chi connectivity index (χ2v) is 4.25. The van der Waals surface area contributed by atoms with E-state index in [9.17, 15) is 0 Å². The van der Waals surface area contributed by atoms with Gasteiger partial charge in [-0.2, -0.15) is 0 Å². The van der Waals surface area contributed by atoms with E-state index in [1.165, 1.54) is 0 Å². The molecule has 0 aliphatic heterocycles. The van der Waals surface area contributed by atoms with Gasteiger partial charge in [-0.3, -0.25) is 0 Å². The molecule has 2 N–H and O–H groups in total. The Labute approximate surface area is 92.2 Å². The zero-order valence-corrected chi connectivity index (χ0v) is 9.92. The second-order valence-electron chi connectivity index (χ2n) is 4.25. The van der Waals surface area contributed by atoms with Gasteiger partial charge in [-0.15, -0.1) is 0 Å². The summed E-state index contributed by atoms with van der Waals surface area (Å²) in [6, 6.07) is 4.98. The molecule has 15 heavy (non-hydrogen) atoms. The SMILES string of the molecule is CC(C)NCCNC(C)Cc1ccco1. The van der Waals surface area contributed by atoms with Gasteiger partial charge >= 0.3 is 0 Å². The van der Waals surface area contributed by atoms with Gasteiger partial charge in [0.25, 0.3) is 0 Å². The van der Waals surface area contributed by atoms with Crippen LogP contribution in [0.1, 0.15) is 26.5 Å². The molecular weight excluding hydrogens is 188 g/mol. The van der Waals surface area contributed by atoms with Crippen molar-refractivity contribution in [3.8, 4) is 0 Å². The highest BCUT2D eigenvalue weighted by Crippen LogP contribution is 2.03. The van der Waals surface area contributed by atoms with Gasteiger partial charge in [0.2, 0.25) is 0 Å². The predicted octanol–water partition coefficient (Wildman–Crippen LogP) is 1.80. The molecule has 1 aromatic rings. The van der Waals surface area contributed by atoms with E-state index >= 15 is 0 Å². The molecule has 0 aliphatic carbocycles. The molecule has 0 saturated carbocycles. The summed E-state index contributed by atoms with van der Waals surface area (Å²) >= 11 is 0. The first-order chi connectivity index (χ1) is 7.18. The Kier molecular flexibility index (Phi) is 5.43. The molecule has 1 aromatic heterocycles. The highest BCUT2D eigenvalue weighted by atomic mass is 16.3. The standard InChI is InChI=1S/C12H22N2O/c1-10(2)13-6-7-14-11(3)9-12-5-4-8-15-12/h4-5,8,10-11,13-14H,6-7,9H2,1-3H3. The third kappa shape index (κ3) is 5.60. The molecule has 1 atom stereocenters. The van der Waals surface area contributed by atoms with E-state index in [-0.39, 0.29) is 0 Å². The Morgan fingerprint density at radius 1 is 1.20 bits per heavy atom. The number of nitrogens with one attached hydrogen (secondary N) is 2. The van der Waals surface area contributed by atoms with Crippen molar-refractivity contribution < 1.29 is 4.42 Å². The Morgan fingerprint density at radius 2 is 1.93 bits per heavy atom. The van der Waals surface area contributed by atoms with Gasteiger partial charge in [-0.1, -0.05) is 13.8 Å². The van der Waals surface area contributed by atoms with Crippen LogP contribution in [0, 0.1) is 0 Å². The van der Waals surface area contributed by atoms with Crippen LogP contribution >= 0.6 is 0 Å². The highest BCUT2D eigenvalue weighted by Gasteiger charge is 2.04. The van der Waals surface area contributed by atoms with Crippen molar-refractivity contribution in [1.82, 2.24) is 10.6 Å². The summed E-state index contributed by atoms with van der Waals surface area (Å²) in [6.07, 6.45) is 2.68. The summed E-state index contributed by atoms with van der Waals surface area (Å²) < 4.78 is 5.29. The summed E-state index contributed by atoms with van der Waals surface area (Å²) in [7, 11) is 0. The predicted molar refractivity (Wildman–Crippen MR) is 63.0 cm³/mol. The maximum atomic E-state index is 5.29. The van der Waals surface area contributed by atoms with Gasteiger partial charge in [0.15, 0.2) is 0 Å². The minimum Gasteiger partial charge on any atom is -0.469 e. The molecule has 0 aliphatic rings. The molecule has 1 rings (SSSR count). The van der Waals surface area contributed by atoms with Crippen LogP contribution in [0.4, 0.5) is 0 Å². The Balaban J connectivity index is 2.06. The maximum absolute atomic E-state index is 5.29. The monoisotopic (exact) mass is 210 g/mol. The molecule has 0 bridgehead atoms. The smallest absolute Gasteiger partial charge is 0.105 e. The lowest BCUT2D eigenvalue weighted by molar-refractivity contribution is 0.449. The first kappa shape index (κ1) is 12.3. The van der Waals surface area contributed by atoms with Crippen molar-refractivity contribution in [2.45, 2.75) is 39.3 Å². The zero-order chi connectivity index (χ0) is 11.1. The van der Waals surface area contributed by atoms with Crippen LogP contribution in [0.3, 0.4) is 0 Å². The average Bonchev–Trinajstić information content (AvgIpc) is 2.64. The van der Waals surface area contributed by atoms with E-state index in [4.69, 9.17) is 4.42 Å². The summed E-state index contributed by atoms with van der Waals surface area (Å²) in [5.74, 6) is 1.05. The summed E-state index contributed by atoms with van der Waals surface area (Å²) in [6.45, 7) is 8.51. The first-order valence-corrected chi connectivity index (χ1v) is 5.67. The van der Waals surface area contributed by atoms with Crippen LogP contribution in [0.15, 0.2) is 22.8 Å². The van der Waals surface area contributed by atoms with Gasteiger partial charge < -0.3 is 15.1 Å². The molecule has 3 heteroatoms. The number of hydrogen-bond donors (Lipinski definition) is 2. The van der Waals surface area contributed by atoms with E-state index in [1.54, 1.807) is 6.26 Å². The fourth-order valence-corrected chi connectivity index (χ4v) is 1.48. The van der Waals surface area contributed by atoms with Crippen LogP contribution in [-0.2, 0) is 6.42 Å². The third-order valence-corrected chi connectivity index (χ3v) is 2.26. The van der Waals surface area contributed by atoms with Crippen molar-refractivity contribution in [3.63, 3.8) is 0 Å². The second kappa shape index (κ2) is 6.64. The number of rotatable bonds is 7. The minimum absolute atomic E-state index is 0.463. The fourth-order valence-electron chi connectivity index (χ4n) is 1.48. The lowest BCUT2D eigenvalue weighted by Crippen LogP contribution is -2.36. The minimum atomic E-state index is 0.463. The van der Waals surface area contributed by atoms with Gasteiger partial charge in [-0.25, -0.2) is 0 Å². The van der Waals surface area contributed by atoms with Crippen molar-refractivity contribution >= 4 is 0 Å². The average molecular weight is 210 g/mol. The molecule has 0 amide bonds. The molecular formula is C12H22N2O. The van der Waals surface area contributed by atoms with Crippen LogP contribution in [0.25, 0.3) is 0 Å². The number of furan rings is 1. The lowest BCUT2D eigenvalue weighted by Gasteiger charge is -2.13. The summed E-state index contributed by atoms with van der Waals surface area (Å²) in [5, 5.41) is 6.83. The summed E-state index contributed by atoms with van der Waals surface area (Å²) in [4.78, 5) is 0. The molecule has 0 aromatic carbocycles. The third-order valence-electron chi connectivity index (χ3n) is 2.26. The molecule has 0 saturated heterocycles. The quantitative estimate of drug-likeness (QED) is 0.674. The Bertz CT molecular complexity index is 244. The van der Waals surface area contributed by atoms with Crippen LogP contribution < -0.4 is 10.6 Å². The van der Waals surface area contributed by atoms with Gasteiger partial charge in [0.1, 0.15) is 5.76 Å². The van der Waals surface area contributed by atoms with Crippen molar-refractivity contribution in [3.05, 3.63) is 24.2 Å². The molecule has 86 valence electrons. The van der Waals surface area contributed by atoms with E-state index in [1.807, 2.05) is 12.1 Å². The zero-order valence-electron chi connectivity index (χ0n) is 9.92. The van der Waals surface area contributed by atoms with E-state index in [0.717, 1.165) is 25.3 Å². The molecule has 1 heterocycles. The van der Waals surface area contributed by atoms with Crippen LogP contribution in [0.2, 0.25) is 0 Å². The molecule has 0 spiro atoms. The van der Waals surface area contributed by atoms with Crippen LogP contribution in [0.5, 0.6) is 0 Å². The summed E-state index contributed by atoms with van der Waals surface area (Å²) in [5.41, 5.74) is 0. The Hall–Kier alpha value is -0.800. The largest absolute Gasteiger partial charge is 0.469 e. The van der Waals surface area contributed by atoms with Gasteiger partial charge in [-0.05, 0) is 19.1 Å². The first-order valence-electron chi connectivity index (χ1n) is 5.67. The van der Waals surface area contributed by atoms with Crippen molar-refractivity contribution in [2.24, 2.45) is 0 Å². The normalized spacial score (nSPS) is 13.3. The highest BCUT2D eigenvalue weighted by molar-refractivity contribution is 4.99. The van der Waals surface area contributed by atoms with Crippen molar-refractivity contribution in [1.29, 1.82) is 0 Å². The lowest BCUT2D eigenvalue weighted by atomic mass is 10.2. The molecule has 0 fully saturated rings.